The van der Waals surface area contributed by atoms with Gasteiger partial charge in [0.05, 0.1) is 12.6 Å². The van der Waals surface area contributed by atoms with Crippen LogP contribution in [0.2, 0.25) is 0 Å². The van der Waals surface area contributed by atoms with Crippen molar-refractivity contribution in [3.63, 3.8) is 0 Å². The predicted octanol–water partition coefficient (Wildman–Crippen LogP) is 3.21. The number of benzene rings is 1. The van der Waals surface area contributed by atoms with E-state index in [-0.39, 0.29) is 24.3 Å². The van der Waals surface area contributed by atoms with Gasteiger partial charge in [0.15, 0.2) is 0 Å². The molecule has 2 amide bonds. The monoisotopic (exact) mass is 332 g/mol. The van der Waals surface area contributed by atoms with Crippen LogP contribution in [0, 0.1) is 5.92 Å². The number of likely N-dealkylation sites (tertiary alicyclic amines) is 1. The van der Waals surface area contributed by atoms with E-state index in [9.17, 15) is 23.1 Å². The summed E-state index contributed by atoms with van der Waals surface area (Å²) in [4.78, 5) is 13.8. The molecule has 1 saturated heterocycles. The molecule has 2 unspecified atom stereocenters. The van der Waals surface area contributed by atoms with Gasteiger partial charge >= 0.3 is 12.4 Å². The Morgan fingerprint density at radius 2 is 2.22 bits per heavy atom. The molecular formula is C15H19F3N2O3. The van der Waals surface area contributed by atoms with Crippen molar-refractivity contribution in [3.05, 3.63) is 24.3 Å². The standard InChI is InChI=1S/C15H19F3N2O3/c1-10-4-3-7-20(13(10)9-21)14(22)19-11-5-2-6-12(8-11)23-15(16,17)18/h2,5-6,8,10,13,21H,3-4,7,9H2,1H3,(H,19,22). The van der Waals surface area contributed by atoms with E-state index in [1.165, 1.54) is 17.0 Å². The predicted molar refractivity (Wildman–Crippen MR) is 78.1 cm³/mol. The molecule has 0 aromatic heterocycles. The van der Waals surface area contributed by atoms with Crippen LogP contribution in [0.1, 0.15) is 19.8 Å². The number of piperidine rings is 1. The molecular weight excluding hydrogens is 313 g/mol. The normalized spacial score (nSPS) is 21.9. The van der Waals surface area contributed by atoms with Crippen LogP contribution in [-0.4, -0.2) is 41.6 Å². The van der Waals surface area contributed by atoms with Gasteiger partial charge in [0.1, 0.15) is 5.75 Å². The first kappa shape index (κ1) is 17.4. The zero-order valence-corrected chi connectivity index (χ0v) is 12.6. The first-order valence-electron chi connectivity index (χ1n) is 7.34. The van der Waals surface area contributed by atoms with Crippen molar-refractivity contribution in [1.29, 1.82) is 0 Å². The molecule has 2 N–H and O–H groups in total. The number of carbonyl (C=O) groups is 1. The van der Waals surface area contributed by atoms with E-state index in [0.29, 0.717) is 6.54 Å². The van der Waals surface area contributed by atoms with Crippen LogP contribution in [-0.2, 0) is 0 Å². The SMILES string of the molecule is CC1CCCN(C(=O)Nc2cccc(OC(F)(F)F)c2)C1CO. The number of nitrogens with one attached hydrogen (secondary N) is 1. The smallest absolute Gasteiger partial charge is 0.406 e. The maximum Gasteiger partial charge on any atom is 0.573 e. The van der Waals surface area contributed by atoms with Crippen LogP contribution in [0.15, 0.2) is 24.3 Å². The lowest BCUT2D eigenvalue weighted by Gasteiger charge is -2.38. The van der Waals surface area contributed by atoms with Crippen molar-refractivity contribution >= 4 is 11.7 Å². The number of ether oxygens (including phenoxy) is 1. The zero-order chi connectivity index (χ0) is 17.0. The largest absolute Gasteiger partial charge is 0.573 e. The molecule has 0 aliphatic carbocycles. The topological polar surface area (TPSA) is 61.8 Å². The molecule has 0 bridgehead atoms. The highest BCUT2D eigenvalue weighted by Crippen LogP contribution is 2.27. The summed E-state index contributed by atoms with van der Waals surface area (Å²) in [5, 5.41) is 12.0. The van der Waals surface area contributed by atoms with Crippen LogP contribution < -0.4 is 10.1 Å². The lowest BCUT2D eigenvalue weighted by atomic mass is 9.91. The minimum atomic E-state index is -4.78. The fourth-order valence-corrected chi connectivity index (χ4v) is 2.75. The van der Waals surface area contributed by atoms with E-state index >= 15 is 0 Å². The number of amides is 2. The van der Waals surface area contributed by atoms with Crippen LogP contribution in [0.5, 0.6) is 5.75 Å². The summed E-state index contributed by atoms with van der Waals surface area (Å²) in [5.41, 5.74) is 0.201. The number of aliphatic hydroxyl groups excluding tert-OH is 1. The second-order valence-electron chi connectivity index (χ2n) is 5.57. The van der Waals surface area contributed by atoms with Crippen LogP contribution in [0.25, 0.3) is 0 Å². The van der Waals surface area contributed by atoms with E-state index in [1.54, 1.807) is 0 Å². The van der Waals surface area contributed by atoms with Crippen molar-refractivity contribution in [1.82, 2.24) is 4.90 Å². The van der Waals surface area contributed by atoms with Gasteiger partial charge in [-0.15, -0.1) is 13.2 Å². The second-order valence-corrected chi connectivity index (χ2v) is 5.57. The summed E-state index contributed by atoms with van der Waals surface area (Å²) in [6, 6.07) is 4.36. The van der Waals surface area contributed by atoms with E-state index in [1.807, 2.05) is 6.92 Å². The first-order chi connectivity index (χ1) is 10.8. The van der Waals surface area contributed by atoms with Gasteiger partial charge in [0.2, 0.25) is 0 Å². The maximum absolute atomic E-state index is 12.3. The number of urea groups is 1. The minimum absolute atomic E-state index is 0.147. The van der Waals surface area contributed by atoms with Crippen molar-refractivity contribution < 1.29 is 27.8 Å². The number of nitrogens with zero attached hydrogens (tertiary/aromatic N) is 1. The third kappa shape index (κ3) is 4.75. The Hall–Kier alpha value is -1.96. The quantitative estimate of drug-likeness (QED) is 0.893. The van der Waals surface area contributed by atoms with Gasteiger partial charge in [-0.1, -0.05) is 13.0 Å². The highest BCUT2D eigenvalue weighted by atomic mass is 19.4. The molecule has 5 nitrogen and oxygen atoms in total. The number of hydrogen-bond acceptors (Lipinski definition) is 3. The molecule has 1 aliphatic heterocycles. The molecule has 2 rings (SSSR count). The van der Waals surface area contributed by atoms with Gasteiger partial charge in [-0.3, -0.25) is 0 Å². The Morgan fingerprint density at radius 3 is 2.87 bits per heavy atom. The molecule has 2 atom stereocenters. The Kier molecular flexibility index (Phi) is 5.35. The highest BCUT2D eigenvalue weighted by molar-refractivity contribution is 5.89. The number of halogens is 3. The van der Waals surface area contributed by atoms with Crippen molar-refractivity contribution in [2.24, 2.45) is 5.92 Å². The number of carbonyl (C=O) groups excluding carboxylic acids is 1. The van der Waals surface area contributed by atoms with E-state index < -0.39 is 18.1 Å². The molecule has 23 heavy (non-hydrogen) atoms. The summed E-state index contributed by atoms with van der Waals surface area (Å²) in [7, 11) is 0. The van der Waals surface area contributed by atoms with Crippen LogP contribution >= 0.6 is 0 Å². The molecule has 1 fully saturated rings. The fraction of sp³-hybridized carbons (Fsp3) is 0.533. The zero-order valence-electron chi connectivity index (χ0n) is 12.6. The lowest BCUT2D eigenvalue weighted by Crippen LogP contribution is -2.51. The van der Waals surface area contributed by atoms with E-state index in [4.69, 9.17) is 0 Å². The van der Waals surface area contributed by atoms with Crippen LogP contribution in [0.4, 0.5) is 23.7 Å². The highest BCUT2D eigenvalue weighted by Gasteiger charge is 2.32. The van der Waals surface area contributed by atoms with E-state index in [0.717, 1.165) is 25.0 Å². The molecule has 1 heterocycles. The van der Waals surface area contributed by atoms with Gasteiger partial charge in [0, 0.05) is 18.3 Å². The van der Waals surface area contributed by atoms with E-state index in [2.05, 4.69) is 10.1 Å². The number of alkyl halides is 3. The molecule has 1 aromatic carbocycles. The molecule has 8 heteroatoms. The van der Waals surface area contributed by atoms with Crippen LogP contribution in [0.3, 0.4) is 0 Å². The first-order valence-corrected chi connectivity index (χ1v) is 7.34. The average molecular weight is 332 g/mol. The molecule has 1 aromatic rings. The summed E-state index contributed by atoms with van der Waals surface area (Å²) >= 11 is 0. The van der Waals surface area contributed by atoms with Gasteiger partial charge in [0.25, 0.3) is 0 Å². The lowest BCUT2D eigenvalue weighted by molar-refractivity contribution is -0.274. The van der Waals surface area contributed by atoms with Crippen molar-refractivity contribution in [2.45, 2.75) is 32.2 Å². The Balaban J connectivity index is 2.06. The third-order valence-electron chi connectivity index (χ3n) is 3.88. The Morgan fingerprint density at radius 1 is 1.48 bits per heavy atom. The summed E-state index contributed by atoms with van der Waals surface area (Å²) in [5.74, 6) is -0.236. The van der Waals surface area contributed by atoms with Gasteiger partial charge < -0.3 is 20.1 Å². The minimum Gasteiger partial charge on any atom is -0.406 e. The molecule has 1 aliphatic rings. The van der Waals surface area contributed by atoms with Gasteiger partial charge in [-0.2, -0.15) is 0 Å². The molecule has 0 spiro atoms. The molecule has 0 radical (unpaired) electrons. The number of anilines is 1. The number of aliphatic hydroxyl groups is 1. The summed E-state index contributed by atoms with van der Waals surface area (Å²) < 4.78 is 40.5. The third-order valence-corrected chi connectivity index (χ3v) is 3.88. The van der Waals surface area contributed by atoms with Crippen molar-refractivity contribution in [2.75, 3.05) is 18.5 Å². The molecule has 0 saturated carbocycles. The fourth-order valence-electron chi connectivity index (χ4n) is 2.75. The summed E-state index contributed by atoms with van der Waals surface area (Å²) in [6.45, 7) is 2.31. The van der Waals surface area contributed by atoms with Gasteiger partial charge in [-0.05, 0) is 30.9 Å². The second kappa shape index (κ2) is 7.08. The molecule has 128 valence electrons. The average Bonchev–Trinajstić information content (AvgIpc) is 2.45. The summed E-state index contributed by atoms with van der Waals surface area (Å²) in [6.07, 6.45) is -3.04. The number of hydrogen-bond donors (Lipinski definition) is 2. The van der Waals surface area contributed by atoms with Gasteiger partial charge in [-0.25, -0.2) is 4.79 Å². The maximum atomic E-state index is 12.3. The Bertz CT molecular complexity index is 551. The number of rotatable bonds is 3. The van der Waals surface area contributed by atoms with Crippen molar-refractivity contribution in [3.8, 4) is 5.75 Å². The Labute approximate surface area is 132 Å².